The van der Waals surface area contributed by atoms with Gasteiger partial charge < -0.3 is 5.73 Å². The molecular formula is C24H22N2O2S. The van der Waals surface area contributed by atoms with Crippen molar-refractivity contribution in [1.29, 1.82) is 0 Å². The average molecular weight is 403 g/mol. The molecule has 2 atom stereocenters. The van der Waals surface area contributed by atoms with E-state index in [9.17, 15) is 8.42 Å². The third-order valence-corrected chi connectivity index (χ3v) is 6.45. The van der Waals surface area contributed by atoms with Crippen molar-refractivity contribution >= 4 is 20.8 Å². The fourth-order valence-corrected chi connectivity index (χ4v) is 4.73. The van der Waals surface area contributed by atoms with Gasteiger partial charge in [-0.3, -0.25) is 0 Å². The Morgan fingerprint density at radius 2 is 1.21 bits per heavy atom. The number of hydrogen-bond donors (Lipinski definition) is 2. The van der Waals surface area contributed by atoms with Crippen LogP contribution >= 0.6 is 0 Å². The minimum atomic E-state index is -3.78. The molecule has 4 nitrogen and oxygen atoms in total. The van der Waals surface area contributed by atoms with Crippen molar-refractivity contribution in [3.63, 3.8) is 0 Å². The van der Waals surface area contributed by atoms with Gasteiger partial charge in [0.25, 0.3) is 0 Å². The van der Waals surface area contributed by atoms with Crippen LogP contribution in [-0.2, 0) is 10.0 Å². The first-order chi connectivity index (χ1) is 14.0. The summed E-state index contributed by atoms with van der Waals surface area (Å²) in [6, 6.07) is 30.6. The molecule has 0 aliphatic rings. The Bertz CT molecular complexity index is 1210. The highest BCUT2D eigenvalue weighted by Crippen LogP contribution is 2.29. The fourth-order valence-electron chi connectivity index (χ4n) is 3.45. The molecule has 4 rings (SSSR count). The van der Waals surface area contributed by atoms with E-state index in [4.69, 9.17) is 5.73 Å². The number of sulfonamides is 1. The van der Waals surface area contributed by atoms with E-state index in [2.05, 4.69) is 4.72 Å². The van der Waals surface area contributed by atoms with E-state index < -0.39 is 22.1 Å². The Hall–Kier alpha value is -2.99. The molecule has 0 aromatic heterocycles. The Kier molecular flexibility index (Phi) is 5.45. The maximum absolute atomic E-state index is 13.2. The van der Waals surface area contributed by atoms with Crippen molar-refractivity contribution in [3.8, 4) is 0 Å². The molecule has 0 fully saturated rings. The third kappa shape index (κ3) is 4.22. The smallest absolute Gasteiger partial charge is 0.241 e. The number of nitrogens with two attached hydrogens (primary N) is 1. The summed E-state index contributed by atoms with van der Waals surface area (Å²) < 4.78 is 29.3. The Labute approximate surface area is 171 Å². The predicted molar refractivity (Wildman–Crippen MR) is 117 cm³/mol. The van der Waals surface area contributed by atoms with Gasteiger partial charge in [0.15, 0.2) is 0 Å². The third-order valence-electron chi connectivity index (χ3n) is 5.02. The number of hydrogen-bond acceptors (Lipinski definition) is 3. The first kappa shape index (κ1) is 19.3. The van der Waals surface area contributed by atoms with Crippen LogP contribution in [0.25, 0.3) is 10.8 Å². The summed E-state index contributed by atoms with van der Waals surface area (Å²) in [6.45, 7) is 0. The topological polar surface area (TPSA) is 72.2 Å². The van der Waals surface area contributed by atoms with Crippen molar-refractivity contribution in [2.75, 3.05) is 0 Å². The van der Waals surface area contributed by atoms with E-state index in [1.165, 1.54) is 0 Å². The summed E-state index contributed by atoms with van der Waals surface area (Å²) in [4.78, 5) is 0.220. The quantitative estimate of drug-likeness (QED) is 0.497. The van der Waals surface area contributed by atoms with Gasteiger partial charge in [0, 0.05) is 0 Å². The number of fused-ring (bicyclic) bond motifs is 1. The van der Waals surface area contributed by atoms with E-state index in [1.807, 2.05) is 91.0 Å². The van der Waals surface area contributed by atoms with Gasteiger partial charge in [-0.2, -0.15) is 0 Å². The second-order valence-corrected chi connectivity index (χ2v) is 8.67. The monoisotopic (exact) mass is 402 g/mol. The summed E-state index contributed by atoms with van der Waals surface area (Å²) in [6.07, 6.45) is 0. The molecule has 0 spiro atoms. The summed E-state index contributed by atoms with van der Waals surface area (Å²) in [7, 11) is -3.78. The largest absolute Gasteiger partial charge is 0.322 e. The number of benzene rings is 4. The molecule has 4 aromatic carbocycles. The van der Waals surface area contributed by atoms with E-state index >= 15 is 0 Å². The van der Waals surface area contributed by atoms with Crippen LogP contribution in [0.5, 0.6) is 0 Å². The van der Waals surface area contributed by atoms with Gasteiger partial charge in [0.05, 0.1) is 17.0 Å². The molecule has 146 valence electrons. The van der Waals surface area contributed by atoms with Crippen LogP contribution in [0.1, 0.15) is 23.2 Å². The van der Waals surface area contributed by atoms with Crippen molar-refractivity contribution in [3.05, 3.63) is 114 Å². The SMILES string of the molecule is N[C@H](c1ccccc1)[C@H](NS(=O)(=O)c1ccc2ccccc2c1)c1ccccc1. The molecule has 0 aliphatic carbocycles. The van der Waals surface area contributed by atoms with Gasteiger partial charge in [-0.05, 0) is 34.0 Å². The zero-order valence-electron chi connectivity index (χ0n) is 15.8. The maximum Gasteiger partial charge on any atom is 0.241 e. The molecule has 0 saturated carbocycles. The summed E-state index contributed by atoms with van der Waals surface area (Å²) in [5.41, 5.74) is 8.20. The molecule has 0 radical (unpaired) electrons. The van der Waals surface area contributed by atoms with Gasteiger partial charge in [0.1, 0.15) is 0 Å². The van der Waals surface area contributed by atoms with Crippen molar-refractivity contribution in [2.45, 2.75) is 17.0 Å². The van der Waals surface area contributed by atoms with E-state index in [0.717, 1.165) is 21.9 Å². The lowest BCUT2D eigenvalue weighted by molar-refractivity contribution is 0.504. The van der Waals surface area contributed by atoms with E-state index in [1.54, 1.807) is 12.1 Å². The normalized spacial score (nSPS) is 13.8. The molecule has 0 amide bonds. The van der Waals surface area contributed by atoms with Gasteiger partial charge in [-0.1, -0.05) is 91.0 Å². The van der Waals surface area contributed by atoms with Crippen LogP contribution in [-0.4, -0.2) is 8.42 Å². The highest BCUT2D eigenvalue weighted by atomic mass is 32.2. The second kappa shape index (κ2) is 8.17. The number of nitrogens with one attached hydrogen (secondary N) is 1. The minimum Gasteiger partial charge on any atom is -0.322 e. The molecule has 0 unspecified atom stereocenters. The lowest BCUT2D eigenvalue weighted by atomic mass is 9.95. The molecule has 29 heavy (non-hydrogen) atoms. The highest BCUT2D eigenvalue weighted by molar-refractivity contribution is 7.89. The highest BCUT2D eigenvalue weighted by Gasteiger charge is 2.27. The Morgan fingerprint density at radius 3 is 1.86 bits per heavy atom. The molecule has 0 aliphatic heterocycles. The Balaban J connectivity index is 1.72. The Morgan fingerprint density at radius 1 is 0.655 bits per heavy atom. The van der Waals surface area contributed by atoms with E-state index in [0.29, 0.717) is 0 Å². The standard InChI is InChI=1S/C24H22N2O2S/c25-23(19-10-3-1-4-11-19)24(20-12-5-2-6-13-20)26-29(27,28)22-16-15-18-9-7-8-14-21(18)17-22/h1-17,23-24,26H,25H2/t23-,24-/m1/s1. The lowest BCUT2D eigenvalue weighted by Crippen LogP contribution is -2.36. The molecule has 5 heteroatoms. The van der Waals surface area contributed by atoms with Gasteiger partial charge in [-0.15, -0.1) is 0 Å². The zero-order valence-corrected chi connectivity index (χ0v) is 16.6. The second-order valence-electron chi connectivity index (χ2n) is 6.96. The van der Waals surface area contributed by atoms with Crippen LogP contribution < -0.4 is 10.5 Å². The van der Waals surface area contributed by atoms with Crippen LogP contribution in [0.3, 0.4) is 0 Å². The number of rotatable bonds is 6. The van der Waals surface area contributed by atoms with Crippen LogP contribution in [0.2, 0.25) is 0 Å². The summed E-state index contributed by atoms with van der Waals surface area (Å²) >= 11 is 0. The molecule has 0 bridgehead atoms. The zero-order chi connectivity index (χ0) is 20.3. The molecular weight excluding hydrogens is 380 g/mol. The van der Waals surface area contributed by atoms with Crippen LogP contribution in [0.15, 0.2) is 108 Å². The average Bonchev–Trinajstić information content (AvgIpc) is 2.78. The molecule has 0 saturated heterocycles. The summed E-state index contributed by atoms with van der Waals surface area (Å²) in [5.74, 6) is 0. The van der Waals surface area contributed by atoms with Gasteiger partial charge >= 0.3 is 0 Å². The maximum atomic E-state index is 13.2. The van der Waals surface area contributed by atoms with Gasteiger partial charge in [0.2, 0.25) is 10.0 Å². The predicted octanol–water partition coefficient (Wildman–Crippen LogP) is 4.56. The van der Waals surface area contributed by atoms with Crippen LogP contribution in [0.4, 0.5) is 0 Å². The lowest BCUT2D eigenvalue weighted by Gasteiger charge is -2.26. The fraction of sp³-hybridized carbons (Fsp3) is 0.0833. The first-order valence-corrected chi connectivity index (χ1v) is 10.9. The molecule has 3 N–H and O–H groups in total. The van der Waals surface area contributed by atoms with Crippen LogP contribution in [0, 0.1) is 0 Å². The molecule has 4 aromatic rings. The van der Waals surface area contributed by atoms with Crippen molar-refractivity contribution in [2.24, 2.45) is 5.73 Å². The van der Waals surface area contributed by atoms with Crippen molar-refractivity contribution in [1.82, 2.24) is 4.72 Å². The van der Waals surface area contributed by atoms with Crippen molar-refractivity contribution < 1.29 is 8.42 Å². The van der Waals surface area contributed by atoms with E-state index in [-0.39, 0.29) is 4.90 Å². The minimum absolute atomic E-state index is 0.220. The summed E-state index contributed by atoms with van der Waals surface area (Å²) in [5, 5.41) is 1.87. The molecule has 0 heterocycles. The van der Waals surface area contributed by atoms with Gasteiger partial charge in [-0.25, -0.2) is 13.1 Å². The first-order valence-electron chi connectivity index (χ1n) is 9.41.